The summed E-state index contributed by atoms with van der Waals surface area (Å²) in [6, 6.07) is 8.32. The minimum absolute atomic E-state index is 0.0959. The first-order chi connectivity index (χ1) is 10.2. The normalized spacial score (nSPS) is 16.7. The number of thioether (sulfide) groups is 1. The average Bonchev–Trinajstić information content (AvgIpc) is 2.49. The summed E-state index contributed by atoms with van der Waals surface area (Å²) in [5.74, 6) is 1.13. The molecule has 2 N–H and O–H groups in total. The highest BCUT2D eigenvalue weighted by Crippen LogP contribution is 2.12. The standard InChI is InChI=1S/C16H25N3OS/c1-19-10-7-15(8-11-19)18-16(20)17-14-5-3-13(4-6-14)9-12-21-2/h3-6,15H,7-12H2,1-2H3,(H2,17,18,20). The maximum atomic E-state index is 12.0. The molecule has 1 aliphatic heterocycles. The Morgan fingerprint density at radius 2 is 1.95 bits per heavy atom. The Morgan fingerprint density at radius 3 is 2.57 bits per heavy atom. The molecule has 0 spiro atoms. The van der Waals surface area contributed by atoms with Crippen LogP contribution in [0.3, 0.4) is 0 Å². The van der Waals surface area contributed by atoms with E-state index in [1.165, 1.54) is 5.56 Å². The van der Waals surface area contributed by atoms with Gasteiger partial charge in [-0.1, -0.05) is 12.1 Å². The van der Waals surface area contributed by atoms with E-state index in [2.05, 4.69) is 41.0 Å². The fraction of sp³-hybridized carbons (Fsp3) is 0.562. The SMILES string of the molecule is CSCCc1ccc(NC(=O)NC2CCN(C)CC2)cc1. The predicted molar refractivity (Wildman–Crippen MR) is 91.2 cm³/mol. The minimum atomic E-state index is -0.0959. The number of carbonyl (C=O) groups excluding carboxylic acids is 1. The van der Waals surface area contributed by atoms with Gasteiger partial charge in [-0.15, -0.1) is 0 Å². The van der Waals surface area contributed by atoms with Gasteiger partial charge in [0.05, 0.1) is 0 Å². The van der Waals surface area contributed by atoms with Crippen LogP contribution in [0.4, 0.5) is 10.5 Å². The van der Waals surface area contributed by atoms with Crippen LogP contribution in [0.15, 0.2) is 24.3 Å². The molecule has 0 saturated carbocycles. The van der Waals surface area contributed by atoms with E-state index in [4.69, 9.17) is 0 Å². The van der Waals surface area contributed by atoms with Crippen LogP contribution in [0.2, 0.25) is 0 Å². The monoisotopic (exact) mass is 307 g/mol. The molecule has 1 fully saturated rings. The number of carbonyl (C=O) groups is 1. The average molecular weight is 307 g/mol. The van der Waals surface area contributed by atoms with Gasteiger partial charge in [-0.3, -0.25) is 0 Å². The van der Waals surface area contributed by atoms with Gasteiger partial charge < -0.3 is 15.5 Å². The van der Waals surface area contributed by atoms with Crippen LogP contribution in [-0.4, -0.2) is 49.1 Å². The summed E-state index contributed by atoms with van der Waals surface area (Å²) < 4.78 is 0. The molecule has 0 bridgehead atoms. The topological polar surface area (TPSA) is 44.4 Å². The van der Waals surface area contributed by atoms with Crippen molar-refractivity contribution in [3.05, 3.63) is 29.8 Å². The zero-order valence-corrected chi connectivity index (χ0v) is 13.7. The summed E-state index contributed by atoms with van der Waals surface area (Å²) in [5.41, 5.74) is 2.17. The number of hydrogen-bond donors (Lipinski definition) is 2. The highest BCUT2D eigenvalue weighted by Gasteiger charge is 2.18. The van der Waals surface area contributed by atoms with Crippen LogP contribution in [0.25, 0.3) is 0 Å². The minimum Gasteiger partial charge on any atom is -0.335 e. The number of piperidine rings is 1. The number of anilines is 1. The van der Waals surface area contributed by atoms with Crippen LogP contribution in [0, 0.1) is 0 Å². The fourth-order valence-corrected chi connectivity index (χ4v) is 2.92. The van der Waals surface area contributed by atoms with E-state index in [0.717, 1.165) is 43.8 Å². The molecular weight excluding hydrogens is 282 g/mol. The number of rotatable bonds is 5. The molecule has 116 valence electrons. The first-order valence-corrected chi connectivity index (χ1v) is 8.90. The maximum Gasteiger partial charge on any atom is 0.319 e. The van der Waals surface area contributed by atoms with Gasteiger partial charge in [0, 0.05) is 11.7 Å². The highest BCUT2D eigenvalue weighted by molar-refractivity contribution is 7.98. The molecule has 21 heavy (non-hydrogen) atoms. The third-order valence-corrected chi connectivity index (χ3v) is 4.47. The molecular formula is C16H25N3OS. The Balaban J connectivity index is 1.77. The second-order valence-electron chi connectivity index (χ2n) is 5.62. The number of likely N-dealkylation sites (tertiary alicyclic amines) is 1. The van der Waals surface area contributed by atoms with Gasteiger partial charge in [0.1, 0.15) is 0 Å². The number of nitrogens with one attached hydrogen (secondary N) is 2. The van der Waals surface area contributed by atoms with E-state index in [1.54, 1.807) is 0 Å². The molecule has 2 amide bonds. The van der Waals surface area contributed by atoms with Crippen molar-refractivity contribution in [2.24, 2.45) is 0 Å². The number of benzene rings is 1. The van der Waals surface area contributed by atoms with Gasteiger partial charge in [0.15, 0.2) is 0 Å². The highest BCUT2D eigenvalue weighted by atomic mass is 32.2. The predicted octanol–water partition coefficient (Wildman–Crippen LogP) is 2.81. The summed E-state index contributed by atoms with van der Waals surface area (Å²) in [7, 11) is 2.12. The molecule has 0 atom stereocenters. The van der Waals surface area contributed by atoms with E-state index in [1.807, 2.05) is 23.9 Å². The lowest BCUT2D eigenvalue weighted by Crippen LogP contribution is -2.44. The van der Waals surface area contributed by atoms with Gasteiger partial charge in [0.2, 0.25) is 0 Å². The van der Waals surface area contributed by atoms with Crippen molar-refractivity contribution in [1.29, 1.82) is 0 Å². The van der Waals surface area contributed by atoms with Gasteiger partial charge in [0.25, 0.3) is 0 Å². The zero-order valence-electron chi connectivity index (χ0n) is 12.9. The molecule has 0 aliphatic carbocycles. The van der Waals surface area contributed by atoms with Crippen LogP contribution in [0.5, 0.6) is 0 Å². The summed E-state index contributed by atoms with van der Waals surface area (Å²) in [5, 5.41) is 5.97. The quantitative estimate of drug-likeness (QED) is 0.879. The summed E-state index contributed by atoms with van der Waals surface area (Å²) in [6.07, 6.45) is 5.24. The Kier molecular flexibility index (Phi) is 6.39. The summed E-state index contributed by atoms with van der Waals surface area (Å²) in [4.78, 5) is 14.3. The molecule has 5 heteroatoms. The van der Waals surface area contributed by atoms with Crippen molar-refractivity contribution in [3.8, 4) is 0 Å². The zero-order chi connectivity index (χ0) is 15.1. The second-order valence-corrected chi connectivity index (χ2v) is 6.60. The molecule has 0 radical (unpaired) electrons. The first kappa shape index (κ1) is 16.2. The molecule has 1 aromatic carbocycles. The van der Waals surface area contributed by atoms with Crippen molar-refractivity contribution in [1.82, 2.24) is 10.2 Å². The van der Waals surface area contributed by atoms with Crippen molar-refractivity contribution in [2.45, 2.75) is 25.3 Å². The smallest absolute Gasteiger partial charge is 0.319 e. The van der Waals surface area contributed by atoms with Crippen molar-refractivity contribution >= 4 is 23.5 Å². The first-order valence-electron chi connectivity index (χ1n) is 7.51. The summed E-state index contributed by atoms with van der Waals surface area (Å²) in [6.45, 7) is 2.10. The van der Waals surface area contributed by atoms with Crippen LogP contribution >= 0.6 is 11.8 Å². The van der Waals surface area contributed by atoms with Crippen LogP contribution < -0.4 is 10.6 Å². The van der Waals surface area contributed by atoms with Crippen molar-refractivity contribution in [2.75, 3.05) is 37.5 Å². The number of aryl methyl sites for hydroxylation is 1. The second kappa shape index (κ2) is 8.29. The Labute approximate surface area is 131 Å². The largest absolute Gasteiger partial charge is 0.335 e. The van der Waals surface area contributed by atoms with Gasteiger partial charge in [-0.2, -0.15) is 11.8 Å². The maximum absolute atomic E-state index is 12.0. The molecule has 1 saturated heterocycles. The summed E-state index contributed by atoms with van der Waals surface area (Å²) >= 11 is 1.85. The van der Waals surface area contributed by atoms with Crippen molar-refractivity contribution < 1.29 is 4.79 Å². The number of urea groups is 1. The third-order valence-electron chi connectivity index (χ3n) is 3.86. The van der Waals surface area contributed by atoms with E-state index in [9.17, 15) is 4.79 Å². The third kappa shape index (κ3) is 5.59. The van der Waals surface area contributed by atoms with Gasteiger partial charge >= 0.3 is 6.03 Å². The fourth-order valence-electron chi connectivity index (χ4n) is 2.48. The molecule has 1 heterocycles. The van der Waals surface area contributed by atoms with Crippen LogP contribution in [-0.2, 0) is 6.42 Å². The van der Waals surface area contributed by atoms with Crippen LogP contribution in [0.1, 0.15) is 18.4 Å². The lowest BCUT2D eigenvalue weighted by Gasteiger charge is -2.29. The molecule has 1 aromatic rings. The van der Waals surface area contributed by atoms with Gasteiger partial charge in [-0.05, 0) is 69.1 Å². The number of amides is 2. The number of nitrogens with zero attached hydrogens (tertiary/aromatic N) is 1. The van der Waals surface area contributed by atoms with Gasteiger partial charge in [-0.25, -0.2) is 4.79 Å². The Hall–Kier alpha value is -1.20. The lowest BCUT2D eigenvalue weighted by atomic mass is 10.1. The van der Waals surface area contributed by atoms with Crippen molar-refractivity contribution in [3.63, 3.8) is 0 Å². The van der Waals surface area contributed by atoms with E-state index < -0.39 is 0 Å². The lowest BCUT2D eigenvalue weighted by molar-refractivity contribution is 0.221. The van der Waals surface area contributed by atoms with E-state index >= 15 is 0 Å². The Morgan fingerprint density at radius 1 is 1.29 bits per heavy atom. The molecule has 1 aliphatic rings. The van der Waals surface area contributed by atoms with E-state index in [0.29, 0.717) is 6.04 Å². The molecule has 4 nitrogen and oxygen atoms in total. The number of hydrogen-bond acceptors (Lipinski definition) is 3. The molecule has 0 unspecified atom stereocenters. The Bertz CT molecular complexity index is 441. The van der Waals surface area contributed by atoms with E-state index in [-0.39, 0.29) is 6.03 Å². The molecule has 0 aromatic heterocycles. The molecule has 2 rings (SSSR count).